The number of aromatic amines is 1. The molecule has 1 aromatic carbocycles. The van der Waals surface area contributed by atoms with Gasteiger partial charge in [-0.2, -0.15) is 5.10 Å². The van der Waals surface area contributed by atoms with Gasteiger partial charge in [0, 0.05) is 36.1 Å². The molecule has 3 aromatic rings. The van der Waals surface area contributed by atoms with Crippen molar-refractivity contribution in [2.75, 3.05) is 23.3 Å². The zero-order valence-electron chi connectivity index (χ0n) is 14.8. The summed E-state index contributed by atoms with van der Waals surface area (Å²) in [5, 5.41) is 9.36. The van der Waals surface area contributed by atoms with Crippen LogP contribution >= 0.6 is 23.2 Å². The van der Waals surface area contributed by atoms with Crippen molar-refractivity contribution in [3.05, 3.63) is 39.1 Å². The van der Waals surface area contributed by atoms with Crippen molar-refractivity contribution < 1.29 is 4.79 Å². The van der Waals surface area contributed by atoms with Gasteiger partial charge < -0.3 is 15.2 Å². The summed E-state index contributed by atoms with van der Waals surface area (Å²) in [6, 6.07) is 3.45. The molecule has 3 heterocycles. The number of anilines is 2. The zero-order chi connectivity index (χ0) is 18.6. The molecule has 6 nitrogen and oxygen atoms in total. The first kappa shape index (κ1) is 17.2. The summed E-state index contributed by atoms with van der Waals surface area (Å²) in [6.45, 7) is 5.72. The van der Waals surface area contributed by atoms with E-state index in [1.165, 1.54) is 0 Å². The van der Waals surface area contributed by atoms with E-state index in [0.717, 1.165) is 53.2 Å². The Morgan fingerprint density at radius 3 is 2.65 bits per heavy atom. The number of hydrogen-bond donors (Lipinski definition) is 2. The highest BCUT2D eigenvalue weighted by molar-refractivity contribution is 6.39. The van der Waals surface area contributed by atoms with Gasteiger partial charge >= 0.3 is 0 Å². The number of nitrogens with one attached hydrogen (secondary N) is 2. The fourth-order valence-corrected chi connectivity index (χ4v) is 4.13. The van der Waals surface area contributed by atoms with Gasteiger partial charge in [0.1, 0.15) is 11.4 Å². The fourth-order valence-electron chi connectivity index (χ4n) is 3.49. The number of halogens is 2. The lowest BCUT2D eigenvalue weighted by molar-refractivity contribution is 0.102. The maximum absolute atomic E-state index is 13.0. The van der Waals surface area contributed by atoms with Gasteiger partial charge in [-0.3, -0.25) is 9.48 Å². The molecule has 26 heavy (non-hydrogen) atoms. The minimum absolute atomic E-state index is 0.219. The van der Waals surface area contributed by atoms with Gasteiger partial charge in [-0.1, -0.05) is 23.2 Å². The van der Waals surface area contributed by atoms with Crippen LogP contribution in [0.15, 0.2) is 12.1 Å². The monoisotopic (exact) mass is 391 g/mol. The standard InChI is InChI=1S/C18H19Cl2N5O/c1-9-14-12(20)7-11(19)8-13(14)21-15(9)17(26)22-16-10(2)23-24(3)18(16)25-5-4-6-25/h7-8,21H,4-6H2,1-3H3,(H,22,26). The zero-order valence-corrected chi connectivity index (χ0v) is 16.3. The lowest BCUT2D eigenvalue weighted by Crippen LogP contribution is -2.39. The van der Waals surface area contributed by atoms with Crippen molar-refractivity contribution in [3.63, 3.8) is 0 Å². The molecule has 0 atom stereocenters. The molecule has 136 valence electrons. The Morgan fingerprint density at radius 2 is 2.00 bits per heavy atom. The van der Waals surface area contributed by atoms with Crippen LogP contribution in [0.4, 0.5) is 11.5 Å². The van der Waals surface area contributed by atoms with E-state index in [-0.39, 0.29) is 5.91 Å². The Hall–Kier alpha value is -2.18. The third-order valence-electron chi connectivity index (χ3n) is 4.88. The van der Waals surface area contributed by atoms with E-state index < -0.39 is 0 Å². The number of fused-ring (bicyclic) bond motifs is 1. The Labute approximate surface area is 161 Å². The highest BCUT2D eigenvalue weighted by Crippen LogP contribution is 2.34. The number of rotatable bonds is 3. The van der Waals surface area contributed by atoms with Gasteiger partial charge in [-0.15, -0.1) is 0 Å². The molecule has 0 unspecified atom stereocenters. The first-order valence-electron chi connectivity index (χ1n) is 8.44. The molecule has 0 saturated carbocycles. The Kier molecular flexibility index (Phi) is 4.12. The van der Waals surface area contributed by atoms with Gasteiger partial charge in [0.25, 0.3) is 5.91 Å². The first-order chi connectivity index (χ1) is 12.4. The predicted molar refractivity (Wildman–Crippen MR) is 106 cm³/mol. The number of carbonyl (C=O) groups excluding carboxylic acids is 1. The number of carbonyl (C=O) groups is 1. The molecule has 1 aliphatic heterocycles. The van der Waals surface area contributed by atoms with Crippen LogP contribution in [0.3, 0.4) is 0 Å². The number of nitrogens with zero attached hydrogens (tertiary/aromatic N) is 3. The summed E-state index contributed by atoms with van der Waals surface area (Å²) in [7, 11) is 1.90. The third kappa shape index (κ3) is 2.64. The highest BCUT2D eigenvalue weighted by Gasteiger charge is 2.26. The minimum atomic E-state index is -0.219. The smallest absolute Gasteiger partial charge is 0.272 e. The lowest BCUT2D eigenvalue weighted by Gasteiger charge is -2.33. The predicted octanol–water partition coefficient (Wildman–Crippen LogP) is 4.29. The number of hydrogen-bond acceptors (Lipinski definition) is 3. The average Bonchev–Trinajstić information content (AvgIpc) is 2.97. The number of H-pyrrole nitrogens is 1. The molecule has 1 saturated heterocycles. The second-order valence-electron chi connectivity index (χ2n) is 6.64. The van der Waals surface area contributed by atoms with Crippen molar-refractivity contribution in [1.82, 2.24) is 14.8 Å². The molecule has 0 radical (unpaired) electrons. The number of aryl methyl sites for hydroxylation is 3. The Balaban J connectivity index is 1.73. The quantitative estimate of drug-likeness (QED) is 0.699. The van der Waals surface area contributed by atoms with Crippen molar-refractivity contribution in [1.29, 1.82) is 0 Å². The summed E-state index contributed by atoms with van der Waals surface area (Å²) < 4.78 is 1.82. The summed E-state index contributed by atoms with van der Waals surface area (Å²) in [5.74, 6) is 0.723. The Morgan fingerprint density at radius 1 is 1.27 bits per heavy atom. The maximum atomic E-state index is 13.0. The van der Waals surface area contributed by atoms with Gasteiger partial charge in [-0.05, 0) is 38.0 Å². The van der Waals surface area contributed by atoms with E-state index in [1.54, 1.807) is 12.1 Å². The molecule has 8 heteroatoms. The molecule has 1 amide bonds. The molecular formula is C18H19Cl2N5O. The van der Waals surface area contributed by atoms with Gasteiger partial charge in [0.05, 0.1) is 10.7 Å². The highest BCUT2D eigenvalue weighted by atomic mass is 35.5. The van der Waals surface area contributed by atoms with E-state index in [0.29, 0.717) is 15.7 Å². The number of amides is 1. The average molecular weight is 392 g/mol. The van der Waals surface area contributed by atoms with E-state index in [9.17, 15) is 4.79 Å². The maximum Gasteiger partial charge on any atom is 0.272 e. The molecule has 2 N–H and O–H groups in total. The molecule has 2 aromatic heterocycles. The summed E-state index contributed by atoms with van der Waals surface area (Å²) in [6.07, 6.45) is 1.15. The van der Waals surface area contributed by atoms with Crippen LogP contribution in [0.1, 0.15) is 28.2 Å². The van der Waals surface area contributed by atoms with Crippen LogP contribution in [-0.4, -0.2) is 33.8 Å². The van der Waals surface area contributed by atoms with Crippen LogP contribution in [0, 0.1) is 13.8 Å². The molecule has 4 rings (SSSR count). The molecule has 1 aliphatic rings. The van der Waals surface area contributed by atoms with Crippen molar-refractivity contribution in [2.24, 2.45) is 7.05 Å². The molecule has 0 bridgehead atoms. The fraction of sp³-hybridized carbons (Fsp3) is 0.333. The van der Waals surface area contributed by atoms with E-state index in [2.05, 4.69) is 20.3 Å². The van der Waals surface area contributed by atoms with Gasteiger partial charge in [0.15, 0.2) is 5.82 Å². The van der Waals surface area contributed by atoms with Crippen molar-refractivity contribution in [3.8, 4) is 0 Å². The van der Waals surface area contributed by atoms with E-state index in [4.69, 9.17) is 23.2 Å². The molecule has 0 spiro atoms. The first-order valence-corrected chi connectivity index (χ1v) is 9.19. The van der Waals surface area contributed by atoms with Crippen LogP contribution in [0.2, 0.25) is 10.0 Å². The third-order valence-corrected chi connectivity index (χ3v) is 5.39. The summed E-state index contributed by atoms with van der Waals surface area (Å²) >= 11 is 12.4. The van der Waals surface area contributed by atoms with Crippen LogP contribution < -0.4 is 10.2 Å². The van der Waals surface area contributed by atoms with Crippen LogP contribution in [0.5, 0.6) is 0 Å². The molecule has 0 aliphatic carbocycles. The molecule has 1 fully saturated rings. The second-order valence-corrected chi connectivity index (χ2v) is 7.48. The van der Waals surface area contributed by atoms with Crippen molar-refractivity contribution >= 4 is 51.5 Å². The van der Waals surface area contributed by atoms with Crippen LogP contribution in [-0.2, 0) is 7.05 Å². The Bertz CT molecular complexity index is 1030. The topological polar surface area (TPSA) is 66.0 Å². The summed E-state index contributed by atoms with van der Waals surface area (Å²) in [4.78, 5) is 18.3. The largest absolute Gasteiger partial charge is 0.355 e. The summed E-state index contributed by atoms with van der Waals surface area (Å²) in [5.41, 5.74) is 3.56. The van der Waals surface area contributed by atoms with Crippen molar-refractivity contribution in [2.45, 2.75) is 20.3 Å². The number of benzene rings is 1. The SMILES string of the molecule is Cc1nn(C)c(N2CCC2)c1NC(=O)c1[nH]c2cc(Cl)cc(Cl)c2c1C. The van der Waals surface area contributed by atoms with Crippen LogP contribution in [0.25, 0.3) is 10.9 Å². The minimum Gasteiger partial charge on any atom is -0.355 e. The van der Waals surface area contributed by atoms with E-state index in [1.807, 2.05) is 25.6 Å². The number of aromatic nitrogens is 3. The molecular weight excluding hydrogens is 373 g/mol. The normalized spacial score (nSPS) is 14.0. The van der Waals surface area contributed by atoms with Gasteiger partial charge in [-0.25, -0.2) is 0 Å². The van der Waals surface area contributed by atoms with Gasteiger partial charge in [0.2, 0.25) is 0 Å². The van der Waals surface area contributed by atoms with E-state index >= 15 is 0 Å². The second kappa shape index (κ2) is 6.21. The lowest BCUT2D eigenvalue weighted by atomic mass is 10.1.